The number of nitrogens with zero attached hydrogens (tertiary/aromatic N) is 2. The zero-order valence-corrected chi connectivity index (χ0v) is 12.7. The Morgan fingerprint density at radius 3 is 2.79 bits per heavy atom. The molecule has 19 heavy (non-hydrogen) atoms. The van der Waals surface area contributed by atoms with Gasteiger partial charge in [0.2, 0.25) is 0 Å². The minimum Gasteiger partial charge on any atom is -0.436 e. The fourth-order valence-electron chi connectivity index (χ4n) is 1.43. The molecule has 0 saturated carbocycles. The topological polar surface area (TPSA) is 84.6 Å². The monoisotopic (exact) mass is 341 g/mol. The van der Waals surface area contributed by atoms with Gasteiger partial charge in [-0.05, 0) is 43.8 Å². The normalized spacial score (nSPS) is 11.8. The minimum atomic E-state index is 0.0509. The highest BCUT2D eigenvalue weighted by Crippen LogP contribution is 2.32. The largest absolute Gasteiger partial charge is 0.436 e. The standard InChI is InChI=1S/C12H12BrN3O2S/c1-6-7(2)18-12(15-6)19-10-5-8(13)3-4-9(10)11(14)16-17/h3-5,17H,1-2H3,(H2,14,16). The molecular weight excluding hydrogens is 330 g/mol. The Morgan fingerprint density at radius 2 is 2.21 bits per heavy atom. The molecule has 0 saturated heterocycles. The summed E-state index contributed by atoms with van der Waals surface area (Å²) in [6.07, 6.45) is 0. The zero-order valence-electron chi connectivity index (χ0n) is 10.3. The van der Waals surface area contributed by atoms with Gasteiger partial charge in [-0.15, -0.1) is 0 Å². The molecule has 0 unspecified atom stereocenters. The summed E-state index contributed by atoms with van der Waals surface area (Å²) < 4.78 is 6.41. The summed E-state index contributed by atoms with van der Waals surface area (Å²) in [6, 6.07) is 5.46. The molecule has 0 fully saturated rings. The molecule has 2 rings (SSSR count). The van der Waals surface area contributed by atoms with Crippen molar-refractivity contribution in [1.82, 2.24) is 4.98 Å². The fraction of sp³-hybridized carbons (Fsp3) is 0.167. The molecule has 0 spiro atoms. The van der Waals surface area contributed by atoms with Gasteiger partial charge in [-0.3, -0.25) is 0 Å². The summed E-state index contributed by atoms with van der Waals surface area (Å²) in [5.74, 6) is 0.831. The van der Waals surface area contributed by atoms with Crippen molar-refractivity contribution in [3.05, 3.63) is 39.7 Å². The van der Waals surface area contributed by atoms with E-state index in [1.54, 1.807) is 6.07 Å². The maximum absolute atomic E-state index is 8.80. The number of aryl methyl sites for hydroxylation is 2. The lowest BCUT2D eigenvalue weighted by atomic mass is 10.2. The highest BCUT2D eigenvalue weighted by Gasteiger charge is 2.13. The molecule has 100 valence electrons. The van der Waals surface area contributed by atoms with E-state index in [0.29, 0.717) is 10.8 Å². The maximum Gasteiger partial charge on any atom is 0.261 e. The molecule has 0 bridgehead atoms. The van der Waals surface area contributed by atoms with Crippen LogP contribution in [0.3, 0.4) is 0 Å². The molecule has 1 aromatic carbocycles. The lowest BCUT2D eigenvalue weighted by Gasteiger charge is -2.06. The Labute approximate surface area is 123 Å². The number of hydrogen-bond acceptors (Lipinski definition) is 5. The molecule has 0 aliphatic rings. The van der Waals surface area contributed by atoms with Crippen molar-refractivity contribution in [2.45, 2.75) is 24.0 Å². The third-order valence-electron chi connectivity index (χ3n) is 2.53. The van der Waals surface area contributed by atoms with Crippen LogP contribution in [0.4, 0.5) is 0 Å². The molecule has 3 N–H and O–H groups in total. The third-order valence-corrected chi connectivity index (χ3v) is 3.93. The number of benzene rings is 1. The summed E-state index contributed by atoms with van der Waals surface area (Å²) >= 11 is 4.72. The summed E-state index contributed by atoms with van der Waals surface area (Å²) in [7, 11) is 0. The Hall–Kier alpha value is -1.47. The number of aromatic nitrogens is 1. The van der Waals surface area contributed by atoms with Crippen molar-refractivity contribution in [2.75, 3.05) is 0 Å². The average molecular weight is 342 g/mol. The second-order valence-electron chi connectivity index (χ2n) is 3.85. The van der Waals surface area contributed by atoms with Gasteiger partial charge in [0.1, 0.15) is 5.76 Å². The molecule has 0 aliphatic carbocycles. The van der Waals surface area contributed by atoms with Crippen LogP contribution < -0.4 is 5.73 Å². The van der Waals surface area contributed by atoms with E-state index in [4.69, 9.17) is 15.4 Å². The number of rotatable bonds is 3. The number of oxazole rings is 1. The second kappa shape index (κ2) is 5.66. The van der Waals surface area contributed by atoms with Crippen molar-refractivity contribution in [3.63, 3.8) is 0 Å². The Balaban J connectivity index is 2.40. The van der Waals surface area contributed by atoms with Crippen molar-refractivity contribution in [1.29, 1.82) is 0 Å². The van der Waals surface area contributed by atoms with E-state index in [1.165, 1.54) is 11.8 Å². The predicted octanol–water partition coefficient (Wildman–Crippen LogP) is 3.30. The van der Waals surface area contributed by atoms with Gasteiger partial charge in [0.05, 0.1) is 5.69 Å². The maximum atomic E-state index is 8.80. The summed E-state index contributed by atoms with van der Waals surface area (Å²) in [5, 5.41) is 12.4. The summed E-state index contributed by atoms with van der Waals surface area (Å²) in [5.41, 5.74) is 7.13. The quantitative estimate of drug-likeness (QED) is 0.387. The van der Waals surface area contributed by atoms with E-state index in [0.717, 1.165) is 20.8 Å². The van der Waals surface area contributed by atoms with E-state index in [1.807, 2.05) is 26.0 Å². The second-order valence-corrected chi connectivity index (χ2v) is 5.76. The molecule has 0 atom stereocenters. The van der Waals surface area contributed by atoms with Gasteiger partial charge in [-0.1, -0.05) is 21.1 Å². The lowest BCUT2D eigenvalue weighted by Crippen LogP contribution is -2.14. The van der Waals surface area contributed by atoms with Crippen LogP contribution in [0.5, 0.6) is 0 Å². The molecule has 1 aromatic heterocycles. The first-order valence-electron chi connectivity index (χ1n) is 5.40. The Morgan fingerprint density at radius 1 is 1.47 bits per heavy atom. The molecule has 7 heteroatoms. The van der Waals surface area contributed by atoms with Crippen molar-refractivity contribution in [3.8, 4) is 0 Å². The summed E-state index contributed by atoms with van der Waals surface area (Å²) in [6.45, 7) is 3.74. The van der Waals surface area contributed by atoms with Crippen molar-refractivity contribution < 1.29 is 9.62 Å². The van der Waals surface area contributed by atoms with Gasteiger partial charge in [0, 0.05) is 14.9 Å². The fourth-order valence-corrected chi connectivity index (χ4v) is 2.95. The number of nitrogens with two attached hydrogens (primary N) is 1. The van der Waals surface area contributed by atoms with Gasteiger partial charge < -0.3 is 15.4 Å². The number of oxime groups is 1. The van der Waals surface area contributed by atoms with Gasteiger partial charge in [-0.2, -0.15) is 0 Å². The molecular formula is C12H12BrN3O2S. The van der Waals surface area contributed by atoms with E-state index in [-0.39, 0.29) is 5.84 Å². The van der Waals surface area contributed by atoms with Gasteiger partial charge in [-0.25, -0.2) is 4.98 Å². The first-order valence-corrected chi connectivity index (χ1v) is 7.01. The van der Waals surface area contributed by atoms with Crippen LogP contribution >= 0.6 is 27.7 Å². The highest BCUT2D eigenvalue weighted by atomic mass is 79.9. The molecule has 5 nitrogen and oxygen atoms in total. The molecule has 0 amide bonds. The highest BCUT2D eigenvalue weighted by molar-refractivity contribution is 9.10. The van der Waals surface area contributed by atoms with Crippen molar-refractivity contribution >= 4 is 33.5 Å². The van der Waals surface area contributed by atoms with E-state index >= 15 is 0 Å². The minimum absolute atomic E-state index is 0.0509. The molecule has 0 aliphatic heterocycles. The van der Waals surface area contributed by atoms with Crippen LogP contribution in [0.1, 0.15) is 17.0 Å². The van der Waals surface area contributed by atoms with Crippen LogP contribution in [0.15, 0.2) is 42.4 Å². The van der Waals surface area contributed by atoms with Gasteiger partial charge in [0.15, 0.2) is 5.84 Å². The summed E-state index contributed by atoms with van der Waals surface area (Å²) in [4.78, 5) is 5.10. The van der Waals surface area contributed by atoms with E-state index in [2.05, 4.69) is 26.1 Å². The van der Waals surface area contributed by atoms with Crippen LogP contribution in [-0.2, 0) is 0 Å². The molecule has 2 aromatic rings. The SMILES string of the molecule is Cc1nc(Sc2cc(Br)ccc2/C(N)=N/O)oc1C. The predicted molar refractivity (Wildman–Crippen MR) is 76.8 cm³/mol. The average Bonchev–Trinajstić information content (AvgIpc) is 2.67. The number of halogens is 1. The molecule has 1 heterocycles. The number of amidine groups is 1. The Bertz CT molecular complexity index is 620. The molecule has 0 radical (unpaired) electrons. The van der Waals surface area contributed by atoms with Gasteiger partial charge >= 0.3 is 0 Å². The Kier molecular flexibility index (Phi) is 4.16. The van der Waals surface area contributed by atoms with Crippen LogP contribution in [0.25, 0.3) is 0 Å². The van der Waals surface area contributed by atoms with Crippen molar-refractivity contribution in [2.24, 2.45) is 10.9 Å². The van der Waals surface area contributed by atoms with Crippen LogP contribution in [0, 0.1) is 13.8 Å². The smallest absolute Gasteiger partial charge is 0.261 e. The van der Waals surface area contributed by atoms with Crippen LogP contribution in [-0.4, -0.2) is 16.0 Å². The van der Waals surface area contributed by atoms with Gasteiger partial charge in [0.25, 0.3) is 5.22 Å². The first-order chi connectivity index (χ1) is 9.01. The zero-order chi connectivity index (χ0) is 14.0. The van der Waals surface area contributed by atoms with Crippen LogP contribution in [0.2, 0.25) is 0 Å². The number of hydrogen-bond donors (Lipinski definition) is 2. The van der Waals surface area contributed by atoms with E-state index < -0.39 is 0 Å². The van der Waals surface area contributed by atoms with E-state index in [9.17, 15) is 0 Å². The third kappa shape index (κ3) is 3.10. The lowest BCUT2D eigenvalue weighted by molar-refractivity contribution is 0.318. The first kappa shape index (κ1) is 14.0.